The van der Waals surface area contributed by atoms with Gasteiger partial charge in [-0.3, -0.25) is 14.4 Å². The molecule has 0 amide bonds. The van der Waals surface area contributed by atoms with Gasteiger partial charge in [-0.15, -0.1) is 0 Å². The van der Waals surface area contributed by atoms with Crippen LogP contribution in [0, 0.1) is 5.92 Å². The normalized spacial score (nSPS) is 15.8. The number of carbonyl (C=O) groups excluding carboxylic acids is 3. The highest BCUT2D eigenvalue weighted by Gasteiger charge is 2.48. The second kappa shape index (κ2) is 7.13. The number of carbonyl (C=O) groups is 3. The van der Waals surface area contributed by atoms with Gasteiger partial charge in [0.15, 0.2) is 5.92 Å². The summed E-state index contributed by atoms with van der Waals surface area (Å²) in [6.45, 7) is 3.41. The van der Waals surface area contributed by atoms with Crippen LogP contribution in [0.1, 0.15) is 25.3 Å². The smallest absolute Gasteiger partial charge is 0.321 e. The van der Waals surface area contributed by atoms with Crippen molar-refractivity contribution in [3.8, 4) is 11.5 Å². The minimum Gasteiger partial charge on any atom is -0.497 e. The van der Waals surface area contributed by atoms with Crippen molar-refractivity contribution in [3.05, 3.63) is 23.8 Å². The van der Waals surface area contributed by atoms with E-state index in [0.717, 1.165) is 0 Å². The van der Waals surface area contributed by atoms with E-state index in [9.17, 15) is 14.4 Å². The van der Waals surface area contributed by atoms with E-state index in [2.05, 4.69) is 0 Å². The van der Waals surface area contributed by atoms with Crippen molar-refractivity contribution in [1.29, 1.82) is 0 Å². The SMILES string of the molecule is CCOC(=O)C(C(=O)OCC)C1C(=O)Oc2cc(OC)ccc21. The van der Waals surface area contributed by atoms with Crippen LogP contribution in [0.25, 0.3) is 0 Å². The Balaban J connectivity index is 2.41. The highest BCUT2D eigenvalue weighted by molar-refractivity contribution is 6.03. The molecule has 0 spiro atoms. The first-order chi connectivity index (χ1) is 11.0. The third kappa shape index (κ3) is 3.28. The Bertz CT molecular complexity index is 605. The predicted molar refractivity (Wildman–Crippen MR) is 78.1 cm³/mol. The van der Waals surface area contributed by atoms with Gasteiger partial charge < -0.3 is 18.9 Å². The van der Waals surface area contributed by atoms with Crippen LogP contribution in [0.2, 0.25) is 0 Å². The molecule has 1 aliphatic heterocycles. The fourth-order valence-corrected chi connectivity index (χ4v) is 2.43. The summed E-state index contributed by atoms with van der Waals surface area (Å²) in [5.41, 5.74) is 0.432. The Hall–Kier alpha value is -2.57. The topological polar surface area (TPSA) is 88.1 Å². The minimum atomic E-state index is -1.39. The quantitative estimate of drug-likeness (QED) is 0.445. The van der Waals surface area contributed by atoms with Crippen molar-refractivity contribution in [3.63, 3.8) is 0 Å². The number of hydrogen-bond donors (Lipinski definition) is 0. The minimum absolute atomic E-state index is 0.0893. The first kappa shape index (κ1) is 16.8. The second-order valence-corrected chi connectivity index (χ2v) is 4.78. The lowest BCUT2D eigenvalue weighted by Crippen LogP contribution is -2.36. The molecule has 7 nitrogen and oxygen atoms in total. The van der Waals surface area contributed by atoms with Gasteiger partial charge in [0.2, 0.25) is 0 Å². The van der Waals surface area contributed by atoms with Crippen molar-refractivity contribution >= 4 is 17.9 Å². The maximum Gasteiger partial charge on any atom is 0.321 e. The van der Waals surface area contributed by atoms with E-state index >= 15 is 0 Å². The van der Waals surface area contributed by atoms with Crippen LogP contribution >= 0.6 is 0 Å². The summed E-state index contributed by atoms with van der Waals surface area (Å²) in [6, 6.07) is 4.75. The molecule has 0 saturated heterocycles. The summed E-state index contributed by atoms with van der Waals surface area (Å²) in [5.74, 6) is -4.03. The molecule has 0 aromatic heterocycles. The second-order valence-electron chi connectivity index (χ2n) is 4.78. The number of benzene rings is 1. The van der Waals surface area contributed by atoms with Crippen molar-refractivity contribution in [1.82, 2.24) is 0 Å². The van der Waals surface area contributed by atoms with E-state index in [1.165, 1.54) is 13.2 Å². The predicted octanol–water partition coefficient (Wildman–Crippen LogP) is 1.44. The summed E-state index contributed by atoms with van der Waals surface area (Å²) in [4.78, 5) is 36.6. The molecular formula is C16H18O7. The van der Waals surface area contributed by atoms with Crippen molar-refractivity contribution in [2.24, 2.45) is 5.92 Å². The average molecular weight is 322 g/mol. The van der Waals surface area contributed by atoms with Crippen LogP contribution < -0.4 is 9.47 Å². The van der Waals surface area contributed by atoms with Crippen LogP contribution in [-0.2, 0) is 23.9 Å². The molecule has 1 aliphatic rings. The van der Waals surface area contributed by atoms with Crippen molar-refractivity contribution in [2.75, 3.05) is 20.3 Å². The lowest BCUT2D eigenvalue weighted by molar-refractivity contribution is -0.165. The fraction of sp³-hybridized carbons (Fsp3) is 0.438. The Morgan fingerprint density at radius 2 is 1.78 bits per heavy atom. The first-order valence-electron chi connectivity index (χ1n) is 7.26. The Morgan fingerprint density at radius 3 is 2.30 bits per heavy atom. The van der Waals surface area contributed by atoms with Gasteiger partial charge in [0, 0.05) is 11.6 Å². The molecular weight excluding hydrogens is 304 g/mol. The zero-order valence-corrected chi connectivity index (χ0v) is 13.2. The van der Waals surface area contributed by atoms with Gasteiger partial charge in [-0.2, -0.15) is 0 Å². The first-order valence-corrected chi connectivity index (χ1v) is 7.26. The van der Waals surface area contributed by atoms with Gasteiger partial charge in [-0.05, 0) is 19.9 Å². The standard InChI is InChI=1S/C16H18O7/c1-4-21-14(17)13(15(18)22-5-2)12-10-7-6-9(20-3)8-11(10)23-16(12)19/h6-8,12-13H,4-5H2,1-3H3. The number of methoxy groups -OCH3 is 1. The highest BCUT2D eigenvalue weighted by Crippen LogP contribution is 2.42. The van der Waals surface area contributed by atoms with E-state index < -0.39 is 29.7 Å². The molecule has 0 fully saturated rings. The van der Waals surface area contributed by atoms with Crippen LogP contribution in [-0.4, -0.2) is 38.2 Å². The summed E-state index contributed by atoms with van der Waals surface area (Å²) >= 11 is 0. The molecule has 7 heteroatoms. The largest absolute Gasteiger partial charge is 0.497 e. The molecule has 0 aliphatic carbocycles. The van der Waals surface area contributed by atoms with Gasteiger partial charge in [-0.1, -0.05) is 6.07 Å². The van der Waals surface area contributed by atoms with Gasteiger partial charge in [-0.25, -0.2) is 0 Å². The lowest BCUT2D eigenvalue weighted by atomic mass is 9.87. The number of hydrogen-bond acceptors (Lipinski definition) is 7. The maximum absolute atomic E-state index is 12.2. The molecule has 1 heterocycles. The van der Waals surface area contributed by atoms with Crippen molar-refractivity contribution in [2.45, 2.75) is 19.8 Å². The molecule has 1 aromatic rings. The van der Waals surface area contributed by atoms with Crippen molar-refractivity contribution < 1.29 is 33.3 Å². The van der Waals surface area contributed by atoms with Gasteiger partial charge in [0.25, 0.3) is 0 Å². The number of ether oxygens (including phenoxy) is 4. The Labute approximate surface area is 133 Å². The zero-order valence-electron chi connectivity index (χ0n) is 13.2. The van der Waals surface area contributed by atoms with Gasteiger partial charge in [0.05, 0.1) is 20.3 Å². The Morgan fingerprint density at radius 1 is 1.17 bits per heavy atom. The molecule has 0 radical (unpaired) electrons. The number of esters is 3. The third-order valence-corrected chi connectivity index (χ3v) is 3.43. The van der Waals surface area contributed by atoms with E-state index in [0.29, 0.717) is 11.3 Å². The number of rotatable bonds is 6. The van der Waals surface area contributed by atoms with E-state index in [1.54, 1.807) is 26.0 Å². The lowest BCUT2D eigenvalue weighted by Gasteiger charge is -2.18. The maximum atomic E-state index is 12.2. The molecule has 1 atom stereocenters. The molecule has 2 rings (SSSR count). The molecule has 1 unspecified atom stereocenters. The van der Waals surface area contributed by atoms with Crippen LogP contribution in [0.15, 0.2) is 18.2 Å². The summed E-state index contributed by atoms with van der Waals surface area (Å²) in [7, 11) is 1.48. The van der Waals surface area contributed by atoms with Gasteiger partial charge >= 0.3 is 17.9 Å². The molecule has 23 heavy (non-hydrogen) atoms. The number of fused-ring (bicyclic) bond motifs is 1. The molecule has 0 N–H and O–H groups in total. The van der Waals surface area contributed by atoms with E-state index in [4.69, 9.17) is 18.9 Å². The highest BCUT2D eigenvalue weighted by atomic mass is 16.6. The third-order valence-electron chi connectivity index (χ3n) is 3.43. The van der Waals surface area contributed by atoms with Gasteiger partial charge in [0.1, 0.15) is 17.4 Å². The molecule has 1 aromatic carbocycles. The summed E-state index contributed by atoms with van der Waals surface area (Å²) < 4.78 is 20.1. The molecule has 0 bridgehead atoms. The van der Waals surface area contributed by atoms with Crippen LogP contribution in [0.5, 0.6) is 11.5 Å². The zero-order chi connectivity index (χ0) is 17.0. The molecule has 0 saturated carbocycles. The van der Waals surface area contributed by atoms with E-state index in [1.807, 2.05) is 0 Å². The Kier molecular flexibility index (Phi) is 5.20. The molecule has 124 valence electrons. The van der Waals surface area contributed by atoms with Crippen LogP contribution in [0.4, 0.5) is 0 Å². The summed E-state index contributed by atoms with van der Waals surface area (Å²) in [5, 5.41) is 0. The monoisotopic (exact) mass is 322 g/mol. The van der Waals surface area contributed by atoms with E-state index in [-0.39, 0.29) is 19.0 Å². The average Bonchev–Trinajstić information content (AvgIpc) is 2.83. The van der Waals surface area contributed by atoms with Crippen LogP contribution in [0.3, 0.4) is 0 Å². The fourth-order valence-electron chi connectivity index (χ4n) is 2.43. The summed E-state index contributed by atoms with van der Waals surface area (Å²) in [6.07, 6.45) is 0.